The van der Waals surface area contributed by atoms with E-state index in [1.54, 1.807) is 34.5 Å². The van der Waals surface area contributed by atoms with Crippen LogP contribution < -0.4 is 18.9 Å². The quantitative estimate of drug-likeness (QED) is 0.397. The maximum atomic E-state index is 13.9. The number of hydrogen-bond acceptors (Lipinski definition) is 6. The van der Waals surface area contributed by atoms with Crippen LogP contribution in [0.2, 0.25) is 0 Å². The molecule has 0 saturated carbocycles. The number of methoxy groups -OCH3 is 4. The van der Waals surface area contributed by atoms with Crippen molar-refractivity contribution in [2.24, 2.45) is 0 Å². The topological polar surface area (TPSA) is 63.7 Å². The third-order valence-corrected chi connectivity index (χ3v) is 8.03. The first-order valence-corrected chi connectivity index (χ1v) is 13.5. The van der Waals surface area contributed by atoms with Crippen molar-refractivity contribution >= 4 is 12.1 Å². The van der Waals surface area contributed by atoms with Gasteiger partial charge in [0.2, 0.25) is 0 Å². The molecule has 2 aromatic rings. The molecule has 2 aliphatic heterocycles. The monoisotopic (exact) mass is 535 g/mol. The van der Waals surface area contributed by atoms with E-state index in [4.69, 9.17) is 18.9 Å². The molecule has 2 aromatic carbocycles. The number of allylic oxidation sites excluding steroid dienone is 1. The minimum Gasteiger partial charge on any atom is -0.497 e. The van der Waals surface area contributed by atoms with Crippen LogP contribution in [0.5, 0.6) is 23.0 Å². The summed E-state index contributed by atoms with van der Waals surface area (Å²) in [6.45, 7) is 11.7. The molecule has 8 heteroatoms. The van der Waals surface area contributed by atoms with E-state index in [0.717, 1.165) is 66.4 Å². The number of carbonyl (C=O) groups is 1. The van der Waals surface area contributed by atoms with Gasteiger partial charge < -0.3 is 23.8 Å². The molecule has 8 nitrogen and oxygen atoms in total. The molecule has 2 heterocycles. The fourth-order valence-electron chi connectivity index (χ4n) is 6.14. The number of nitrogens with zero attached hydrogens (tertiary/aromatic N) is 3. The van der Waals surface area contributed by atoms with Crippen molar-refractivity contribution in [3.05, 3.63) is 65.4 Å². The number of carbonyl (C=O) groups excluding carboxylic acids is 1. The van der Waals surface area contributed by atoms with Crippen molar-refractivity contribution in [3.63, 3.8) is 0 Å². The Morgan fingerprint density at radius 3 is 2.03 bits per heavy atom. The summed E-state index contributed by atoms with van der Waals surface area (Å²) in [6, 6.07) is 9.85. The molecule has 2 aliphatic rings. The second-order valence-corrected chi connectivity index (χ2v) is 9.92. The lowest BCUT2D eigenvalue weighted by Crippen LogP contribution is -2.53. The van der Waals surface area contributed by atoms with Crippen molar-refractivity contribution in [1.82, 2.24) is 14.7 Å². The molecular weight excluding hydrogens is 494 g/mol. The molecule has 2 saturated heterocycles. The van der Waals surface area contributed by atoms with Gasteiger partial charge in [-0.1, -0.05) is 18.7 Å². The van der Waals surface area contributed by atoms with Crippen LogP contribution in [0.15, 0.2) is 48.7 Å². The largest absolute Gasteiger partial charge is 0.497 e. The van der Waals surface area contributed by atoms with E-state index < -0.39 is 0 Å². The molecule has 1 spiro atoms. The summed E-state index contributed by atoms with van der Waals surface area (Å²) in [4.78, 5) is 20.3. The predicted octanol–water partition coefficient (Wildman–Crippen LogP) is 5.56. The second kappa shape index (κ2) is 12.0. The maximum absolute atomic E-state index is 13.9. The van der Waals surface area contributed by atoms with Gasteiger partial charge in [0.25, 0.3) is 0 Å². The molecule has 0 bridgehead atoms. The molecule has 2 fully saturated rings. The predicted molar refractivity (Wildman–Crippen MR) is 154 cm³/mol. The highest BCUT2D eigenvalue weighted by molar-refractivity contribution is 5.82. The Balaban J connectivity index is 1.58. The number of likely N-dealkylation sites (N-methyl/N-ethyl adjacent to an activating group) is 1. The SMILES string of the molecule is C=Cc1c(CN2C(=O)N(CC)C3(CCN(Cc4cc(OC)cc(OC)c4)CC3)/C2=C/C)cc(OC)cc1OC. The van der Waals surface area contributed by atoms with Gasteiger partial charge >= 0.3 is 6.03 Å². The van der Waals surface area contributed by atoms with Gasteiger partial charge in [0.05, 0.1) is 40.5 Å². The van der Waals surface area contributed by atoms with Crippen LogP contribution in [-0.2, 0) is 13.1 Å². The van der Waals surface area contributed by atoms with Gasteiger partial charge in [0.15, 0.2) is 0 Å². The fraction of sp³-hybridized carbons (Fsp3) is 0.452. The minimum atomic E-state index is -0.333. The number of likely N-dealkylation sites (tertiary alicyclic amines) is 1. The number of ether oxygens (including phenoxy) is 4. The van der Waals surface area contributed by atoms with E-state index in [-0.39, 0.29) is 11.6 Å². The standard InChI is InChI=1S/C31H41N3O5/c1-8-27-23(17-26(38-6)19-28(27)39-7)21-33-29(9-2)31(34(10-3)30(33)35)11-13-32(14-12-31)20-22-15-24(36-4)18-25(16-22)37-5/h8-9,15-19H,1,10-14,20-21H2,2-7H3/b29-9-. The Hall–Kier alpha value is -3.65. The Kier molecular flexibility index (Phi) is 8.75. The van der Waals surface area contributed by atoms with Gasteiger partial charge in [-0.2, -0.15) is 0 Å². The summed E-state index contributed by atoms with van der Waals surface area (Å²) in [5.41, 5.74) is 3.68. The number of urea groups is 1. The van der Waals surface area contributed by atoms with E-state index in [1.165, 1.54) is 0 Å². The van der Waals surface area contributed by atoms with Crippen molar-refractivity contribution in [1.29, 1.82) is 0 Å². The van der Waals surface area contributed by atoms with E-state index in [2.05, 4.69) is 41.5 Å². The highest BCUT2D eigenvalue weighted by Gasteiger charge is 2.53. The number of piperidine rings is 1. The Labute approximate surface area is 232 Å². The smallest absolute Gasteiger partial charge is 0.325 e. The van der Waals surface area contributed by atoms with E-state index in [9.17, 15) is 4.79 Å². The van der Waals surface area contributed by atoms with Crippen LogP contribution in [0.1, 0.15) is 43.4 Å². The molecular formula is C31H41N3O5. The molecule has 0 N–H and O–H groups in total. The second-order valence-electron chi connectivity index (χ2n) is 9.92. The van der Waals surface area contributed by atoms with E-state index >= 15 is 0 Å². The molecule has 0 aromatic heterocycles. The summed E-state index contributed by atoms with van der Waals surface area (Å²) >= 11 is 0. The zero-order valence-corrected chi connectivity index (χ0v) is 24.1. The van der Waals surface area contributed by atoms with Gasteiger partial charge in [0.1, 0.15) is 23.0 Å². The molecule has 4 rings (SSSR count). The summed E-state index contributed by atoms with van der Waals surface area (Å²) < 4.78 is 22.0. The first-order chi connectivity index (χ1) is 18.9. The summed E-state index contributed by atoms with van der Waals surface area (Å²) in [6.07, 6.45) is 5.61. The van der Waals surface area contributed by atoms with E-state index in [1.807, 2.05) is 30.0 Å². The lowest BCUT2D eigenvalue weighted by molar-refractivity contribution is 0.0889. The minimum absolute atomic E-state index is 0.0355. The van der Waals surface area contributed by atoms with Crippen molar-refractivity contribution in [3.8, 4) is 23.0 Å². The summed E-state index contributed by atoms with van der Waals surface area (Å²) in [5, 5.41) is 0. The van der Waals surface area contributed by atoms with Crippen molar-refractivity contribution in [2.45, 2.75) is 45.3 Å². The lowest BCUT2D eigenvalue weighted by atomic mass is 9.83. The molecule has 210 valence electrons. The van der Waals surface area contributed by atoms with Crippen LogP contribution in [0.3, 0.4) is 0 Å². The van der Waals surface area contributed by atoms with Crippen LogP contribution in [0, 0.1) is 0 Å². The molecule has 0 atom stereocenters. The lowest BCUT2D eigenvalue weighted by Gasteiger charge is -2.44. The van der Waals surface area contributed by atoms with Crippen molar-refractivity contribution < 1.29 is 23.7 Å². The van der Waals surface area contributed by atoms with Crippen molar-refractivity contribution in [2.75, 3.05) is 48.1 Å². The first-order valence-electron chi connectivity index (χ1n) is 13.5. The maximum Gasteiger partial charge on any atom is 0.325 e. The van der Waals surface area contributed by atoms with Gasteiger partial charge in [-0.25, -0.2) is 4.79 Å². The fourth-order valence-corrected chi connectivity index (χ4v) is 6.14. The van der Waals surface area contributed by atoms with Gasteiger partial charge in [-0.05, 0) is 56.0 Å². The third-order valence-electron chi connectivity index (χ3n) is 8.03. The number of rotatable bonds is 10. The van der Waals surface area contributed by atoms with Crippen LogP contribution >= 0.6 is 0 Å². The highest BCUT2D eigenvalue weighted by Crippen LogP contribution is 2.45. The normalized spacial score (nSPS) is 18.1. The van der Waals surface area contributed by atoms with E-state index in [0.29, 0.717) is 24.6 Å². The average Bonchev–Trinajstić information content (AvgIpc) is 3.18. The molecule has 2 amide bonds. The van der Waals surface area contributed by atoms with Gasteiger partial charge in [0, 0.05) is 49.6 Å². The van der Waals surface area contributed by atoms with Crippen LogP contribution in [0.4, 0.5) is 4.79 Å². The first kappa shape index (κ1) is 28.4. The zero-order chi connectivity index (χ0) is 28.2. The molecule has 39 heavy (non-hydrogen) atoms. The number of hydrogen-bond donors (Lipinski definition) is 0. The number of benzene rings is 2. The highest BCUT2D eigenvalue weighted by atomic mass is 16.5. The number of amides is 2. The Bertz CT molecular complexity index is 1210. The zero-order valence-electron chi connectivity index (χ0n) is 24.1. The summed E-state index contributed by atoms with van der Waals surface area (Å²) in [5.74, 6) is 2.94. The average molecular weight is 536 g/mol. The van der Waals surface area contributed by atoms with Crippen LogP contribution in [0.25, 0.3) is 6.08 Å². The molecule has 0 unspecified atom stereocenters. The third kappa shape index (κ3) is 5.30. The molecule has 0 aliphatic carbocycles. The van der Waals surface area contributed by atoms with Gasteiger partial charge in [-0.15, -0.1) is 0 Å². The summed E-state index contributed by atoms with van der Waals surface area (Å²) in [7, 11) is 6.61. The van der Waals surface area contributed by atoms with Gasteiger partial charge in [-0.3, -0.25) is 9.80 Å². The Morgan fingerprint density at radius 2 is 1.51 bits per heavy atom. The Morgan fingerprint density at radius 1 is 0.897 bits per heavy atom. The van der Waals surface area contributed by atoms with Crippen LogP contribution in [-0.4, -0.2) is 74.3 Å². The molecule has 0 radical (unpaired) electrons.